The topological polar surface area (TPSA) is 196 Å². The number of methoxy groups -OCH3 is 1. The lowest BCUT2D eigenvalue weighted by atomic mass is 9.43. The van der Waals surface area contributed by atoms with Crippen molar-refractivity contribution >= 4 is 5.97 Å². The lowest BCUT2D eigenvalue weighted by molar-refractivity contribution is -0.357. The Kier molecular flexibility index (Phi) is 7.22. The number of aliphatic hydroxyl groups is 7. The highest BCUT2D eigenvalue weighted by atomic mass is 16.7. The number of fused-ring (bicyclic) bond motifs is 5. The Labute approximate surface area is 238 Å². The SMILES string of the molecule is CO[C@@]12[C@H]3[C@H](O)C[C@]4(C)[C@@H](C5=CC(=O)OC5)CC[C@]4(O)[C@@H]3CC[C@]1(O)C[C@@H](O[C@@H]1O[C@@H](C)C(O)[C@@H](O)[C@H]1O)C[C@H]2O. The van der Waals surface area contributed by atoms with Crippen LogP contribution < -0.4 is 0 Å². The molecule has 12 heteroatoms. The van der Waals surface area contributed by atoms with Crippen LogP contribution in [-0.2, 0) is 23.7 Å². The van der Waals surface area contributed by atoms with Crippen LogP contribution in [0.15, 0.2) is 11.6 Å². The van der Waals surface area contributed by atoms with Gasteiger partial charge in [-0.05, 0) is 56.4 Å². The molecule has 0 amide bonds. The molecular weight excluding hydrogens is 540 g/mol. The van der Waals surface area contributed by atoms with Gasteiger partial charge in [-0.3, -0.25) is 0 Å². The fourth-order valence-corrected chi connectivity index (χ4v) is 9.97. The van der Waals surface area contributed by atoms with Gasteiger partial charge in [0, 0.05) is 37.4 Å². The largest absolute Gasteiger partial charge is 0.458 e. The molecule has 5 fully saturated rings. The smallest absolute Gasteiger partial charge is 0.331 e. The molecule has 6 aliphatic rings. The second-order valence-corrected chi connectivity index (χ2v) is 13.6. The third-order valence-electron chi connectivity index (χ3n) is 11.9. The molecule has 0 aromatic rings. The molecule has 6 rings (SSSR count). The lowest BCUT2D eigenvalue weighted by Gasteiger charge is -2.68. The van der Waals surface area contributed by atoms with Gasteiger partial charge in [-0.15, -0.1) is 0 Å². The Morgan fingerprint density at radius 2 is 1.73 bits per heavy atom. The maximum Gasteiger partial charge on any atom is 0.331 e. The van der Waals surface area contributed by atoms with Crippen molar-refractivity contribution in [3.8, 4) is 0 Å². The summed E-state index contributed by atoms with van der Waals surface area (Å²) in [7, 11) is 1.40. The predicted molar refractivity (Wildman–Crippen MR) is 139 cm³/mol. The van der Waals surface area contributed by atoms with E-state index in [0.29, 0.717) is 19.3 Å². The van der Waals surface area contributed by atoms with Crippen LogP contribution in [0.5, 0.6) is 0 Å². The molecule has 1 unspecified atom stereocenters. The van der Waals surface area contributed by atoms with E-state index in [-0.39, 0.29) is 38.2 Å². The normalized spacial score (nSPS) is 56.9. The van der Waals surface area contributed by atoms with Crippen molar-refractivity contribution in [2.75, 3.05) is 13.7 Å². The molecular formula is C29H44O12. The summed E-state index contributed by atoms with van der Waals surface area (Å²) in [5, 5.41) is 78.8. The van der Waals surface area contributed by atoms with E-state index in [4.69, 9.17) is 18.9 Å². The zero-order valence-electron chi connectivity index (χ0n) is 23.8. The van der Waals surface area contributed by atoms with Gasteiger partial charge in [0.05, 0.1) is 35.6 Å². The van der Waals surface area contributed by atoms with Gasteiger partial charge in [0.2, 0.25) is 0 Å². The Hall–Kier alpha value is -1.19. The third kappa shape index (κ3) is 3.99. The number of aliphatic hydroxyl groups excluding tert-OH is 5. The minimum atomic E-state index is -1.65. The second kappa shape index (κ2) is 9.91. The molecule has 4 saturated carbocycles. The number of hydrogen-bond donors (Lipinski definition) is 7. The summed E-state index contributed by atoms with van der Waals surface area (Å²) >= 11 is 0. The molecule has 41 heavy (non-hydrogen) atoms. The van der Waals surface area contributed by atoms with Crippen LogP contribution in [-0.4, -0.2) is 121 Å². The van der Waals surface area contributed by atoms with E-state index in [1.54, 1.807) is 6.92 Å². The van der Waals surface area contributed by atoms with Gasteiger partial charge in [0.1, 0.15) is 30.5 Å². The molecule has 0 aromatic carbocycles. The maximum absolute atomic E-state index is 12.4. The molecule has 4 aliphatic carbocycles. The van der Waals surface area contributed by atoms with Crippen molar-refractivity contribution in [2.45, 2.75) is 125 Å². The van der Waals surface area contributed by atoms with Gasteiger partial charge in [-0.2, -0.15) is 0 Å². The van der Waals surface area contributed by atoms with E-state index in [1.165, 1.54) is 13.2 Å². The van der Waals surface area contributed by atoms with Gasteiger partial charge in [0.25, 0.3) is 0 Å². The number of esters is 1. The average Bonchev–Trinajstić information content (AvgIpc) is 3.45. The number of ether oxygens (including phenoxy) is 4. The zero-order valence-corrected chi connectivity index (χ0v) is 23.8. The molecule has 0 spiro atoms. The van der Waals surface area contributed by atoms with Crippen molar-refractivity contribution in [3.63, 3.8) is 0 Å². The van der Waals surface area contributed by atoms with Gasteiger partial charge in [0.15, 0.2) is 6.29 Å². The van der Waals surface area contributed by atoms with E-state index >= 15 is 0 Å². The van der Waals surface area contributed by atoms with Crippen LogP contribution >= 0.6 is 0 Å². The van der Waals surface area contributed by atoms with E-state index < -0.39 is 89.0 Å². The molecule has 15 atom stereocenters. The summed E-state index contributed by atoms with van der Waals surface area (Å²) in [6.07, 6.45) is -6.27. The Bertz CT molecular complexity index is 1080. The van der Waals surface area contributed by atoms with E-state index in [9.17, 15) is 40.5 Å². The summed E-state index contributed by atoms with van der Waals surface area (Å²) in [5.74, 6) is -1.83. The first kappa shape index (κ1) is 29.9. The standard InChI is InChI=1S/C29H44O12/c1-13-22(33)23(34)24(35)25(40-13)41-15-9-19(31)29(38-3)21-17(4-6-27(29,36)10-15)28(37)7-5-16(14-8-20(32)39-12-14)26(28,2)11-18(21)30/h8,13,15-19,21-25,30-31,33-37H,4-7,9-12H2,1-3H3/t13-,15-,16+,17+,18+,19+,21+,22?,23+,24+,25-,26+,27-,28-,29-/m0/s1. The molecule has 0 bridgehead atoms. The summed E-state index contributed by atoms with van der Waals surface area (Å²) in [5.41, 5.74) is -4.41. The van der Waals surface area contributed by atoms with Crippen molar-refractivity contribution in [2.24, 2.45) is 23.2 Å². The fraction of sp³-hybridized carbons (Fsp3) is 0.897. The molecule has 1 saturated heterocycles. The van der Waals surface area contributed by atoms with Crippen LogP contribution in [0.3, 0.4) is 0 Å². The van der Waals surface area contributed by atoms with E-state index in [1.807, 2.05) is 6.92 Å². The predicted octanol–water partition coefficient (Wildman–Crippen LogP) is -1.11. The third-order valence-corrected chi connectivity index (χ3v) is 11.9. The van der Waals surface area contributed by atoms with Gasteiger partial charge in [-0.25, -0.2) is 4.79 Å². The number of carbonyl (C=O) groups excluding carboxylic acids is 1. The number of rotatable bonds is 4. The zero-order chi connectivity index (χ0) is 29.7. The highest BCUT2D eigenvalue weighted by Crippen LogP contribution is 2.69. The van der Waals surface area contributed by atoms with E-state index in [0.717, 1.165) is 5.57 Å². The van der Waals surface area contributed by atoms with Crippen molar-refractivity contribution < 1.29 is 59.5 Å². The molecule has 2 aliphatic heterocycles. The maximum atomic E-state index is 12.4. The minimum Gasteiger partial charge on any atom is -0.458 e. The van der Waals surface area contributed by atoms with Crippen molar-refractivity contribution in [3.05, 3.63) is 11.6 Å². The molecule has 232 valence electrons. The van der Waals surface area contributed by atoms with Crippen molar-refractivity contribution in [1.82, 2.24) is 0 Å². The monoisotopic (exact) mass is 584 g/mol. The molecule has 12 nitrogen and oxygen atoms in total. The summed E-state index contributed by atoms with van der Waals surface area (Å²) in [4.78, 5) is 11.8. The van der Waals surface area contributed by atoms with Crippen LogP contribution in [0, 0.1) is 23.2 Å². The van der Waals surface area contributed by atoms with Crippen LogP contribution in [0.1, 0.15) is 58.8 Å². The van der Waals surface area contributed by atoms with Gasteiger partial charge in [-0.1, -0.05) is 6.92 Å². The van der Waals surface area contributed by atoms with Gasteiger partial charge < -0.3 is 54.7 Å². The minimum absolute atomic E-state index is 0.00188. The lowest BCUT2D eigenvalue weighted by Crippen LogP contribution is -2.79. The first-order chi connectivity index (χ1) is 19.2. The quantitative estimate of drug-likeness (QED) is 0.156. The number of cyclic esters (lactones) is 1. The molecule has 7 N–H and O–H groups in total. The summed E-state index contributed by atoms with van der Waals surface area (Å²) < 4.78 is 22.8. The summed E-state index contributed by atoms with van der Waals surface area (Å²) in [6.45, 7) is 3.67. The highest BCUT2D eigenvalue weighted by molar-refractivity contribution is 5.85. The van der Waals surface area contributed by atoms with Crippen LogP contribution in [0.4, 0.5) is 0 Å². The molecule has 0 radical (unpaired) electrons. The van der Waals surface area contributed by atoms with E-state index in [2.05, 4.69) is 0 Å². The van der Waals surface area contributed by atoms with Crippen LogP contribution in [0.25, 0.3) is 0 Å². The molecule has 2 heterocycles. The van der Waals surface area contributed by atoms with Crippen molar-refractivity contribution in [1.29, 1.82) is 0 Å². The number of carbonyl (C=O) groups is 1. The molecule has 0 aromatic heterocycles. The summed E-state index contributed by atoms with van der Waals surface area (Å²) in [6, 6.07) is 0. The van der Waals surface area contributed by atoms with Crippen LogP contribution in [0.2, 0.25) is 0 Å². The first-order valence-corrected chi connectivity index (χ1v) is 14.8. The average molecular weight is 585 g/mol. The Morgan fingerprint density at radius 1 is 1.00 bits per heavy atom. The fourth-order valence-electron chi connectivity index (χ4n) is 9.97. The van der Waals surface area contributed by atoms with Gasteiger partial charge >= 0.3 is 5.97 Å². The number of hydrogen-bond acceptors (Lipinski definition) is 12. The highest BCUT2D eigenvalue weighted by Gasteiger charge is 2.76. The first-order valence-electron chi connectivity index (χ1n) is 14.8. The second-order valence-electron chi connectivity index (χ2n) is 13.6. The Balaban J connectivity index is 1.28. The Morgan fingerprint density at radius 3 is 2.39 bits per heavy atom.